The van der Waals surface area contributed by atoms with Gasteiger partial charge in [0.1, 0.15) is 6.61 Å². The van der Waals surface area contributed by atoms with Gasteiger partial charge in [0.25, 0.3) is 0 Å². The Kier molecular flexibility index (Phi) is 49.3. The molecule has 5 nitrogen and oxygen atoms in total. The van der Waals surface area contributed by atoms with Crippen LogP contribution < -0.4 is 0 Å². The predicted octanol–water partition coefficient (Wildman–Crippen LogP) is 17.4. The number of rotatable bonds is 49. The van der Waals surface area contributed by atoms with Gasteiger partial charge in [-0.1, -0.05) is 237 Å². The lowest BCUT2D eigenvalue weighted by Gasteiger charge is -2.15. The summed E-state index contributed by atoms with van der Waals surface area (Å²) in [5.74, 6) is -0.581. The van der Waals surface area contributed by atoms with Crippen LogP contribution in [0.3, 0.4) is 0 Å². The number of unbranched alkanes of at least 4 members (excludes halogenated alkanes) is 37. The van der Waals surface area contributed by atoms with Crippen molar-refractivity contribution in [3.63, 3.8) is 0 Å². The molecule has 0 aliphatic heterocycles. The first kappa shape index (κ1) is 57.4. The monoisotopic (exact) mass is 831 g/mol. The number of ether oxygens (including phenoxy) is 2. The fraction of sp³-hybridized carbons (Fsp3) is 0.889. The molecule has 0 aromatic rings. The van der Waals surface area contributed by atoms with Gasteiger partial charge in [0.2, 0.25) is 0 Å². The van der Waals surface area contributed by atoms with E-state index in [0.717, 1.165) is 38.5 Å². The highest BCUT2D eigenvalue weighted by Gasteiger charge is 2.16. The van der Waals surface area contributed by atoms with Crippen molar-refractivity contribution in [3.05, 3.63) is 24.3 Å². The molecule has 0 saturated heterocycles. The second kappa shape index (κ2) is 50.7. The highest BCUT2D eigenvalue weighted by Crippen LogP contribution is 2.16. The summed E-state index contributed by atoms with van der Waals surface area (Å²) in [4.78, 5) is 24.4. The summed E-state index contributed by atoms with van der Waals surface area (Å²) >= 11 is 0. The Labute approximate surface area is 368 Å². The van der Waals surface area contributed by atoms with Crippen molar-refractivity contribution in [1.29, 1.82) is 0 Å². The minimum atomic E-state index is -0.770. The zero-order valence-corrected chi connectivity index (χ0v) is 39.8. The molecule has 0 amide bonds. The van der Waals surface area contributed by atoms with E-state index in [0.29, 0.717) is 12.8 Å². The normalized spacial score (nSPS) is 12.3. The van der Waals surface area contributed by atoms with E-state index in [9.17, 15) is 14.7 Å². The fourth-order valence-corrected chi connectivity index (χ4v) is 7.96. The lowest BCUT2D eigenvalue weighted by atomic mass is 10.0. The number of carbonyl (C=O) groups is 2. The molecule has 0 aromatic carbocycles. The molecule has 1 unspecified atom stereocenters. The predicted molar refractivity (Wildman–Crippen MR) is 256 cm³/mol. The van der Waals surface area contributed by atoms with Crippen molar-refractivity contribution in [2.24, 2.45) is 0 Å². The topological polar surface area (TPSA) is 72.8 Å². The molecule has 0 aliphatic carbocycles. The third-order valence-corrected chi connectivity index (χ3v) is 12.0. The highest BCUT2D eigenvalue weighted by atomic mass is 16.6. The molecular weight excluding hydrogens is 729 g/mol. The van der Waals surface area contributed by atoms with Crippen LogP contribution in [0.1, 0.15) is 290 Å². The van der Waals surface area contributed by atoms with E-state index < -0.39 is 6.10 Å². The average Bonchev–Trinajstić information content (AvgIpc) is 3.24. The molecule has 0 spiro atoms. The number of allylic oxidation sites excluding steroid dienone is 4. The maximum Gasteiger partial charge on any atom is 0.306 e. The summed E-state index contributed by atoms with van der Waals surface area (Å²) in [6, 6.07) is 0. The van der Waals surface area contributed by atoms with Crippen LogP contribution in [0.2, 0.25) is 0 Å². The first-order chi connectivity index (χ1) is 29.1. The van der Waals surface area contributed by atoms with Gasteiger partial charge >= 0.3 is 11.9 Å². The van der Waals surface area contributed by atoms with Gasteiger partial charge in [-0.2, -0.15) is 0 Å². The Balaban J connectivity index is 3.44. The van der Waals surface area contributed by atoms with Crippen molar-refractivity contribution in [3.8, 4) is 0 Å². The molecule has 1 N–H and O–H groups in total. The van der Waals surface area contributed by atoms with Crippen LogP contribution in [0.15, 0.2) is 24.3 Å². The number of hydrogen-bond acceptors (Lipinski definition) is 5. The molecule has 0 rings (SSSR count). The van der Waals surface area contributed by atoms with Crippen molar-refractivity contribution >= 4 is 11.9 Å². The van der Waals surface area contributed by atoms with Crippen LogP contribution in [0.5, 0.6) is 0 Å². The van der Waals surface area contributed by atoms with Crippen LogP contribution >= 0.6 is 0 Å². The molecule has 0 bridgehead atoms. The van der Waals surface area contributed by atoms with E-state index in [1.54, 1.807) is 0 Å². The molecule has 0 radical (unpaired) electrons. The van der Waals surface area contributed by atoms with Crippen LogP contribution in [-0.2, 0) is 19.1 Å². The third kappa shape index (κ3) is 48.9. The van der Waals surface area contributed by atoms with Gasteiger partial charge < -0.3 is 14.6 Å². The molecule has 0 heterocycles. The maximum absolute atomic E-state index is 12.3. The van der Waals surface area contributed by atoms with Gasteiger partial charge in [0, 0.05) is 12.8 Å². The zero-order valence-electron chi connectivity index (χ0n) is 39.8. The fourth-order valence-electron chi connectivity index (χ4n) is 7.96. The molecule has 348 valence electrons. The standard InChI is InChI=1S/C54H102O5/c1-3-5-7-9-11-13-15-17-19-21-23-24-25-26-27-28-29-30-31-33-35-37-39-41-43-45-47-49-54(57)59-52(50-55)51-58-53(56)48-46-44-42-40-38-36-34-32-22-20-18-16-14-12-10-8-6-4-2/h20-23,52,55H,3-19,24-51H2,1-2H3/b22-20-,23-21-. The third-order valence-electron chi connectivity index (χ3n) is 12.0. The number of aliphatic hydroxyl groups is 1. The SMILES string of the molecule is CCCCCCCCC/C=C\CCCCCCCCCC(=O)OCC(CO)OC(=O)CCCCCCCCCCCCCCCCC/C=C\CCCCCCCCCC. The number of aliphatic hydroxyl groups excluding tert-OH is 1. The Morgan fingerprint density at radius 2 is 0.627 bits per heavy atom. The lowest BCUT2D eigenvalue weighted by Crippen LogP contribution is -2.28. The van der Waals surface area contributed by atoms with Gasteiger partial charge in [0.15, 0.2) is 6.10 Å². The van der Waals surface area contributed by atoms with Crippen molar-refractivity contribution in [2.75, 3.05) is 13.2 Å². The molecule has 59 heavy (non-hydrogen) atoms. The van der Waals surface area contributed by atoms with E-state index >= 15 is 0 Å². The minimum Gasteiger partial charge on any atom is -0.462 e. The quantitative estimate of drug-likeness (QED) is 0.0376. The van der Waals surface area contributed by atoms with Crippen molar-refractivity contribution < 1.29 is 24.2 Å². The first-order valence-corrected chi connectivity index (χ1v) is 26.4. The van der Waals surface area contributed by atoms with E-state index in [1.165, 1.54) is 225 Å². The molecule has 1 atom stereocenters. The zero-order chi connectivity index (χ0) is 42.8. The van der Waals surface area contributed by atoms with E-state index in [1.807, 2.05) is 0 Å². The van der Waals surface area contributed by atoms with Crippen molar-refractivity contribution in [1.82, 2.24) is 0 Å². The van der Waals surface area contributed by atoms with Gasteiger partial charge in [-0.3, -0.25) is 9.59 Å². The molecular formula is C54H102O5. The van der Waals surface area contributed by atoms with Crippen LogP contribution in [0.4, 0.5) is 0 Å². The van der Waals surface area contributed by atoms with Gasteiger partial charge in [-0.15, -0.1) is 0 Å². The molecule has 5 heteroatoms. The summed E-state index contributed by atoms with van der Waals surface area (Å²) in [6.45, 7) is 4.17. The van der Waals surface area contributed by atoms with E-state index in [4.69, 9.17) is 9.47 Å². The minimum absolute atomic E-state index is 0.0634. The summed E-state index contributed by atoms with van der Waals surface area (Å²) in [5, 5.41) is 9.63. The maximum atomic E-state index is 12.3. The van der Waals surface area contributed by atoms with Crippen LogP contribution in [-0.4, -0.2) is 36.4 Å². The molecule has 0 fully saturated rings. The second-order valence-electron chi connectivity index (χ2n) is 17.9. The van der Waals surface area contributed by atoms with Crippen LogP contribution in [0, 0.1) is 0 Å². The van der Waals surface area contributed by atoms with Crippen molar-refractivity contribution in [2.45, 2.75) is 296 Å². The van der Waals surface area contributed by atoms with Gasteiger partial charge in [0.05, 0.1) is 6.61 Å². The molecule has 0 aliphatic rings. The molecule has 0 aromatic heterocycles. The molecule has 0 saturated carbocycles. The largest absolute Gasteiger partial charge is 0.462 e. The lowest BCUT2D eigenvalue weighted by molar-refractivity contribution is -0.161. The Hall–Kier alpha value is -1.62. The first-order valence-electron chi connectivity index (χ1n) is 26.4. The summed E-state index contributed by atoms with van der Waals surface area (Å²) in [6.07, 6.45) is 62.8. The van der Waals surface area contributed by atoms with E-state index in [2.05, 4.69) is 38.2 Å². The number of carbonyl (C=O) groups excluding carboxylic acids is 2. The van der Waals surface area contributed by atoms with E-state index in [-0.39, 0.29) is 25.2 Å². The van der Waals surface area contributed by atoms with Crippen LogP contribution in [0.25, 0.3) is 0 Å². The van der Waals surface area contributed by atoms with Gasteiger partial charge in [-0.05, 0) is 64.2 Å². The summed E-state index contributed by atoms with van der Waals surface area (Å²) < 4.78 is 10.7. The second-order valence-corrected chi connectivity index (χ2v) is 17.9. The Morgan fingerprint density at radius 1 is 0.373 bits per heavy atom. The van der Waals surface area contributed by atoms with Gasteiger partial charge in [-0.25, -0.2) is 0 Å². The summed E-state index contributed by atoms with van der Waals surface area (Å²) in [5.41, 5.74) is 0. The Bertz CT molecular complexity index is 897. The average molecular weight is 831 g/mol. The Morgan fingerprint density at radius 3 is 0.915 bits per heavy atom. The number of hydrogen-bond donors (Lipinski definition) is 1. The highest BCUT2D eigenvalue weighted by molar-refractivity contribution is 5.70. The smallest absolute Gasteiger partial charge is 0.306 e. The summed E-state index contributed by atoms with van der Waals surface area (Å²) in [7, 11) is 0. The number of esters is 2.